The first-order valence-electron chi connectivity index (χ1n) is 13.6. The van der Waals surface area contributed by atoms with Gasteiger partial charge in [-0.05, 0) is 89.7 Å². The van der Waals surface area contributed by atoms with Crippen LogP contribution in [0.5, 0.6) is 5.75 Å². The Balaban J connectivity index is 1.43. The fourth-order valence-electron chi connectivity index (χ4n) is 5.21. The molecule has 0 aliphatic heterocycles. The zero-order valence-corrected chi connectivity index (χ0v) is 22.9. The van der Waals surface area contributed by atoms with E-state index in [1.807, 2.05) is 12.1 Å². The lowest BCUT2D eigenvalue weighted by Crippen LogP contribution is -2.12. The number of methoxy groups -OCH3 is 1. The highest BCUT2D eigenvalue weighted by molar-refractivity contribution is 5.99. The maximum absolute atomic E-state index is 5.33. The number of anilines is 5. The second-order valence-corrected chi connectivity index (χ2v) is 9.85. The highest BCUT2D eigenvalue weighted by atomic mass is 16.5. The van der Waals surface area contributed by atoms with E-state index in [4.69, 9.17) is 4.74 Å². The molecule has 0 bridgehead atoms. The van der Waals surface area contributed by atoms with Crippen molar-refractivity contribution in [2.75, 3.05) is 24.0 Å². The van der Waals surface area contributed by atoms with Gasteiger partial charge in [-0.3, -0.25) is 0 Å². The van der Waals surface area contributed by atoms with Gasteiger partial charge in [0, 0.05) is 35.2 Å². The number of benzene rings is 5. The van der Waals surface area contributed by atoms with E-state index in [2.05, 4.69) is 150 Å². The largest absolute Gasteiger partial charge is 0.497 e. The normalized spacial score (nSPS) is 12.6. The third kappa shape index (κ3) is 5.14. The zero-order valence-electron chi connectivity index (χ0n) is 22.9. The van der Waals surface area contributed by atoms with Gasteiger partial charge in [-0.15, -0.1) is 0 Å². The number of fused-ring (bicyclic) bond motifs is 1. The van der Waals surface area contributed by atoms with Crippen LogP contribution >= 0.6 is 0 Å². The standard InChI is InChI=1S/C37H32N2O/c1-38(32-23-25-35(40-2)26-24-32)31-19-21-33(22-20-31)39(37-18-10-14-29-13-7-8-17-36(29)37)34-16-9-15-30(27-34)28-11-5-3-4-6-12-28/h3,5-27H,4H2,1-2H3. The Labute approximate surface area is 236 Å². The van der Waals surface area contributed by atoms with Gasteiger partial charge in [0.1, 0.15) is 5.75 Å². The molecular formula is C37H32N2O. The molecule has 0 saturated heterocycles. The summed E-state index contributed by atoms with van der Waals surface area (Å²) >= 11 is 0. The molecule has 5 aromatic rings. The van der Waals surface area contributed by atoms with Crippen LogP contribution in [0.15, 0.2) is 146 Å². The predicted octanol–water partition coefficient (Wildman–Crippen LogP) is 9.99. The summed E-state index contributed by atoms with van der Waals surface area (Å²) in [5, 5.41) is 2.43. The molecule has 0 atom stereocenters. The molecule has 0 fully saturated rings. The summed E-state index contributed by atoms with van der Waals surface area (Å²) < 4.78 is 5.33. The third-order valence-electron chi connectivity index (χ3n) is 7.38. The van der Waals surface area contributed by atoms with Crippen LogP contribution < -0.4 is 14.5 Å². The van der Waals surface area contributed by atoms with Gasteiger partial charge in [0.15, 0.2) is 0 Å². The van der Waals surface area contributed by atoms with E-state index in [0.29, 0.717) is 0 Å². The van der Waals surface area contributed by atoms with Crippen molar-refractivity contribution >= 4 is 44.8 Å². The second-order valence-electron chi connectivity index (χ2n) is 9.85. The molecule has 0 amide bonds. The molecule has 0 radical (unpaired) electrons. The molecule has 0 N–H and O–H groups in total. The smallest absolute Gasteiger partial charge is 0.119 e. The number of nitrogens with zero attached hydrogens (tertiary/aromatic N) is 2. The Morgan fingerprint density at radius 2 is 1.35 bits per heavy atom. The summed E-state index contributed by atoms with van der Waals surface area (Å²) in [5.41, 5.74) is 7.99. The highest BCUT2D eigenvalue weighted by Gasteiger charge is 2.17. The number of hydrogen-bond donors (Lipinski definition) is 0. The molecule has 1 aliphatic carbocycles. The lowest BCUT2D eigenvalue weighted by molar-refractivity contribution is 0.415. The van der Waals surface area contributed by atoms with E-state index < -0.39 is 0 Å². The SMILES string of the molecule is COc1ccc(N(C)c2ccc(N(c3cccc(C4=CC=CCC=C4)c3)c3cccc4ccccc34)cc2)cc1. The zero-order chi connectivity index (χ0) is 27.3. The Morgan fingerprint density at radius 3 is 2.15 bits per heavy atom. The first-order chi connectivity index (χ1) is 19.7. The van der Waals surface area contributed by atoms with Crippen LogP contribution in [0.1, 0.15) is 12.0 Å². The van der Waals surface area contributed by atoms with Crippen molar-refractivity contribution in [3.63, 3.8) is 0 Å². The molecule has 3 heteroatoms. The van der Waals surface area contributed by atoms with E-state index >= 15 is 0 Å². The van der Waals surface area contributed by atoms with Gasteiger partial charge in [-0.1, -0.05) is 78.9 Å². The molecule has 5 aromatic carbocycles. The number of ether oxygens (including phenoxy) is 1. The summed E-state index contributed by atoms with van der Waals surface area (Å²) in [6.45, 7) is 0. The van der Waals surface area contributed by atoms with Crippen molar-refractivity contribution in [1.29, 1.82) is 0 Å². The molecule has 1 aliphatic rings. The maximum atomic E-state index is 5.33. The monoisotopic (exact) mass is 520 g/mol. The molecule has 0 unspecified atom stereocenters. The average Bonchev–Trinajstić information content (AvgIpc) is 3.32. The van der Waals surface area contributed by atoms with Gasteiger partial charge in [-0.25, -0.2) is 0 Å². The predicted molar refractivity (Wildman–Crippen MR) is 171 cm³/mol. The van der Waals surface area contributed by atoms with Gasteiger partial charge in [0.05, 0.1) is 12.8 Å². The minimum absolute atomic E-state index is 0.853. The van der Waals surface area contributed by atoms with Crippen LogP contribution in [0.3, 0.4) is 0 Å². The van der Waals surface area contributed by atoms with Gasteiger partial charge < -0.3 is 14.5 Å². The van der Waals surface area contributed by atoms with E-state index in [9.17, 15) is 0 Å². The van der Waals surface area contributed by atoms with Crippen LogP contribution in [0.25, 0.3) is 16.3 Å². The summed E-state index contributed by atoms with van der Waals surface area (Å²) in [6, 6.07) is 40.8. The van der Waals surface area contributed by atoms with Crippen molar-refractivity contribution in [2.24, 2.45) is 0 Å². The Hall–Kier alpha value is -5.02. The molecule has 0 heterocycles. The van der Waals surface area contributed by atoms with Crippen LogP contribution in [0.2, 0.25) is 0 Å². The molecule has 3 nitrogen and oxygen atoms in total. The molecule has 40 heavy (non-hydrogen) atoms. The van der Waals surface area contributed by atoms with E-state index in [1.54, 1.807) is 7.11 Å². The first kappa shape index (κ1) is 25.3. The van der Waals surface area contributed by atoms with Crippen LogP contribution in [0.4, 0.5) is 28.4 Å². The molecule has 0 saturated carbocycles. The van der Waals surface area contributed by atoms with Gasteiger partial charge in [-0.2, -0.15) is 0 Å². The van der Waals surface area contributed by atoms with Crippen molar-refractivity contribution in [1.82, 2.24) is 0 Å². The maximum Gasteiger partial charge on any atom is 0.119 e. The molecule has 0 aromatic heterocycles. The Bertz CT molecular complexity index is 1710. The first-order valence-corrected chi connectivity index (χ1v) is 13.6. The molecular weight excluding hydrogens is 488 g/mol. The highest BCUT2D eigenvalue weighted by Crippen LogP contribution is 2.40. The average molecular weight is 521 g/mol. The van der Waals surface area contributed by atoms with Crippen molar-refractivity contribution < 1.29 is 4.74 Å². The van der Waals surface area contributed by atoms with E-state index in [1.165, 1.54) is 21.9 Å². The van der Waals surface area contributed by atoms with Gasteiger partial charge in [0.25, 0.3) is 0 Å². The quantitative estimate of drug-likeness (QED) is 0.212. The number of allylic oxidation sites excluding steroid dienone is 6. The third-order valence-corrected chi connectivity index (χ3v) is 7.38. The minimum atomic E-state index is 0.853. The van der Waals surface area contributed by atoms with Crippen LogP contribution in [-0.4, -0.2) is 14.2 Å². The van der Waals surface area contributed by atoms with Crippen LogP contribution in [0, 0.1) is 0 Å². The Kier molecular flexibility index (Phi) is 7.19. The molecule has 6 rings (SSSR count). The molecule has 0 spiro atoms. The summed E-state index contributed by atoms with van der Waals surface area (Å²) in [7, 11) is 3.78. The number of rotatable bonds is 7. The minimum Gasteiger partial charge on any atom is -0.497 e. The van der Waals surface area contributed by atoms with Crippen molar-refractivity contribution in [3.8, 4) is 5.75 Å². The fourth-order valence-corrected chi connectivity index (χ4v) is 5.21. The fraction of sp³-hybridized carbons (Fsp3) is 0.0811. The summed E-state index contributed by atoms with van der Waals surface area (Å²) in [6.07, 6.45) is 11.9. The number of hydrogen-bond acceptors (Lipinski definition) is 3. The van der Waals surface area contributed by atoms with Crippen LogP contribution in [-0.2, 0) is 0 Å². The lowest BCUT2D eigenvalue weighted by atomic mass is 10.0. The topological polar surface area (TPSA) is 15.7 Å². The second kappa shape index (κ2) is 11.4. The summed E-state index contributed by atoms with van der Waals surface area (Å²) in [5.74, 6) is 0.853. The van der Waals surface area contributed by atoms with Crippen molar-refractivity contribution in [2.45, 2.75) is 6.42 Å². The molecule has 196 valence electrons. The van der Waals surface area contributed by atoms with E-state index in [0.717, 1.165) is 40.6 Å². The summed E-state index contributed by atoms with van der Waals surface area (Å²) in [4.78, 5) is 4.55. The van der Waals surface area contributed by atoms with Gasteiger partial charge >= 0.3 is 0 Å². The van der Waals surface area contributed by atoms with Crippen molar-refractivity contribution in [3.05, 3.63) is 151 Å². The Morgan fingerprint density at radius 1 is 0.650 bits per heavy atom. The lowest BCUT2D eigenvalue weighted by Gasteiger charge is -2.28. The van der Waals surface area contributed by atoms with E-state index in [-0.39, 0.29) is 0 Å². The van der Waals surface area contributed by atoms with Gasteiger partial charge in [0.2, 0.25) is 0 Å².